The van der Waals surface area contributed by atoms with Crippen molar-refractivity contribution in [3.63, 3.8) is 0 Å². The zero-order chi connectivity index (χ0) is 19.5. The quantitative estimate of drug-likeness (QED) is 0.565. The van der Waals surface area contributed by atoms with Crippen molar-refractivity contribution in [1.29, 1.82) is 0 Å². The van der Waals surface area contributed by atoms with Crippen molar-refractivity contribution >= 4 is 11.6 Å². The zero-order valence-corrected chi connectivity index (χ0v) is 14.5. The Morgan fingerprint density at radius 3 is 2.71 bits per heavy atom. The molecule has 0 saturated carbocycles. The lowest BCUT2D eigenvalue weighted by Crippen LogP contribution is -2.19. The summed E-state index contributed by atoms with van der Waals surface area (Å²) >= 11 is 0. The molecule has 0 aliphatic heterocycles. The third-order valence-electron chi connectivity index (χ3n) is 4.02. The van der Waals surface area contributed by atoms with Crippen LogP contribution < -0.4 is 5.32 Å². The number of benzene rings is 2. The van der Waals surface area contributed by atoms with Crippen molar-refractivity contribution in [3.8, 4) is 23.0 Å². The molecule has 28 heavy (non-hydrogen) atoms. The summed E-state index contributed by atoms with van der Waals surface area (Å²) in [6, 6.07) is 15.6. The molecule has 1 amide bonds. The van der Waals surface area contributed by atoms with E-state index in [4.69, 9.17) is 4.52 Å². The lowest BCUT2D eigenvalue weighted by molar-refractivity contribution is -0.116. The molecule has 0 saturated heterocycles. The second-order valence-electron chi connectivity index (χ2n) is 5.98. The van der Waals surface area contributed by atoms with Gasteiger partial charge in [-0.25, -0.2) is 8.78 Å². The van der Waals surface area contributed by atoms with E-state index in [1.165, 1.54) is 0 Å². The third-order valence-corrected chi connectivity index (χ3v) is 4.02. The van der Waals surface area contributed by atoms with Crippen molar-refractivity contribution in [2.75, 3.05) is 5.32 Å². The molecule has 0 aliphatic rings. The highest BCUT2D eigenvalue weighted by molar-refractivity contribution is 5.91. The van der Waals surface area contributed by atoms with E-state index < -0.39 is 17.5 Å². The second kappa shape index (κ2) is 7.43. The Bertz CT molecular complexity index is 1120. The van der Waals surface area contributed by atoms with Gasteiger partial charge in [-0.15, -0.1) is 0 Å². The molecule has 0 aliphatic carbocycles. The number of hydrogen-bond acceptors (Lipinski definition) is 4. The van der Waals surface area contributed by atoms with Gasteiger partial charge in [-0.2, -0.15) is 4.98 Å². The zero-order valence-electron chi connectivity index (χ0n) is 14.5. The number of hydrogen-bond donors (Lipinski definition) is 1. The van der Waals surface area contributed by atoms with Gasteiger partial charge in [0.15, 0.2) is 0 Å². The molecule has 0 fully saturated rings. The maximum Gasteiger partial charge on any atom is 0.274 e. The predicted molar refractivity (Wildman–Crippen MR) is 98.1 cm³/mol. The standard InChI is InChI=1S/C20H14F2N4O2/c21-14-8-9-15(22)16(11-14)23-18(27)12-26-10-4-7-17(26)20-24-19(25-28-20)13-5-2-1-3-6-13/h1-11H,12H2,(H,23,27). The van der Waals surface area contributed by atoms with Crippen LogP contribution in [0.25, 0.3) is 23.0 Å². The molecule has 0 spiro atoms. The maximum absolute atomic E-state index is 13.7. The van der Waals surface area contributed by atoms with E-state index >= 15 is 0 Å². The summed E-state index contributed by atoms with van der Waals surface area (Å²) in [7, 11) is 0. The summed E-state index contributed by atoms with van der Waals surface area (Å²) < 4.78 is 33.8. The van der Waals surface area contributed by atoms with Gasteiger partial charge in [0.2, 0.25) is 11.7 Å². The van der Waals surface area contributed by atoms with E-state index in [0.717, 1.165) is 23.8 Å². The van der Waals surface area contributed by atoms with Crippen LogP contribution in [0.1, 0.15) is 0 Å². The number of aromatic nitrogens is 3. The van der Waals surface area contributed by atoms with Gasteiger partial charge in [0.05, 0.1) is 5.69 Å². The number of halogens is 2. The van der Waals surface area contributed by atoms with Crippen LogP contribution in [0.2, 0.25) is 0 Å². The number of carbonyl (C=O) groups is 1. The minimum absolute atomic E-state index is 0.138. The van der Waals surface area contributed by atoms with Crippen LogP contribution in [0.4, 0.5) is 14.5 Å². The fraction of sp³-hybridized carbons (Fsp3) is 0.0500. The smallest absolute Gasteiger partial charge is 0.274 e. The first-order valence-corrected chi connectivity index (χ1v) is 8.40. The topological polar surface area (TPSA) is 73.0 Å². The highest BCUT2D eigenvalue weighted by atomic mass is 19.1. The second-order valence-corrected chi connectivity index (χ2v) is 5.98. The SMILES string of the molecule is O=C(Cn1cccc1-c1nc(-c2ccccc2)no1)Nc1cc(F)ccc1F. The fourth-order valence-electron chi connectivity index (χ4n) is 2.72. The van der Waals surface area contributed by atoms with Gasteiger partial charge in [0.25, 0.3) is 5.89 Å². The van der Waals surface area contributed by atoms with Crippen LogP contribution in [-0.4, -0.2) is 20.6 Å². The Hall–Kier alpha value is -3.81. The van der Waals surface area contributed by atoms with Gasteiger partial charge >= 0.3 is 0 Å². The molecule has 2 aromatic carbocycles. The fourth-order valence-corrected chi connectivity index (χ4v) is 2.72. The van der Waals surface area contributed by atoms with E-state index in [-0.39, 0.29) is 18.1 Å². The van der Waals surface area contributed by atoms with Crippen LogP contribution in [0.5, 0.6) is 0 Å². The molecule has 0 bridgehead atoms. The molecule has 0 unspecified atom stereocenters. The minimum Gasteiger partial charge on any atom is -0.334 e. The summed E-state index contributed by atoms with van der Waals surface area (Å²) in [5.74, 6) is -1.21. The van der Waals surface area contributed by atoms with E-state index in [9.17, 15) is 13.6 Å². The van der Waals surface area contributed by atoms with Gasteiger partial charge in [-0.3, -0.25) is 4.79 Å². The average molecular weight is 380 g/mol. The number of nitrogens with one attached hydrogen (secondary N) is 1. The molecule has 4 rings (SSSR count). The Labute approximate surface area is 158 Å². The van der Waals surface area contributed by atoms with Crippen molar-refractivity contribution < 1.29 is 18.1 Å². The van der Waals surface area contributed by atoms with E-state index in [1.807, 2.05) is 30.3 Å². The number of rotatable bonds is 5. The van der Waals surface area contributed by atoms with Crippen LogP contribution in [0.3, 0.4) is 0 Å². The Morgan fingerprint density at radius 1 is 1.07 bits per heavy atom. The summed E-state index contributed by atoms with van der Waals surface area (Å²) in [5, 5.41) is 6.32. The Balaban J connectivity index is 1.52. The maximum atomic E-state index is 13.7. The molecular formula is C20H14F2N4O2. The van der Waals surface area contributed by atoms with Crippen LogP contribution in [0.15, 0.2) is 71.4 Å². The number of amides is 1. The van der Waals surface area contributed by atoms with Gasteiger partial charge in [-0.05, 0) is 24.3 Å². The Kier molecular flexibility index (Phi) is 4.67. The van der Waals surface area contributed by atoms with Gasteiger partial charge < -0.3 is 14.4 Å². The lowest BCUT2D eigenvalue weighted by Gasteiger charge is -2.09. The average Bonchev–Trinajstić information content (AvgIpc) is 3.34. The highest BCUT2D eigenvalue weighted by Crippen LogP contribution is 2.23. The van der Waals surface area contributed by atoms with Crippen molar-refractivity contribution in [3.05, 3.63) is 78.5 Å². The third kappa shape index (κ3) is 3.66. The summed E-state index contributed by atoms with van der Waals surface area (Å²) in [4.78, 5) is 16.6. The summed E-state index contributed by atoms with van der Waals surface area (Å²) in [5.41, 5.74) is 1.11. The van der Waals surface area contributed by atoms with Gasteiger partial charge in [0, 0.05) is 17.8 Å². The normalized spacial score (nSPS) is 10.8. The lowest BCUT2D eigenvalue weighted by atomic mass is 10.2. The minimum atomic E-state index is -0.716. The molecule has 2 aromatic heterocycles. The molecule has 6 nitrogen and oxygen atoms in total. The summed E-state index contributed by atoms with van der Waals surface area (Å²) in [6.45, 7) is -0.138. The van der Waals surface area contributed by atoms with Gasteiger partial charge in [0.1, 0.15) is 23.9 Å². The van der Waals surface area contributed by atoms with Crippen LogP contribution >= 0.6 is 0 Å². The molecule has 0 radical (unpaired) electrons. The molecule has 2 heterocycles. The molecule has 0 atom stereocenters. The van der Waals surface area contributed by atoms with Gasteiger partial charge in [-0.1, -0.05) is 35.5 Å². The van der Waals surface area contributed by atoms with E-state index in [0.29, 0.717) is 11.5 Å². The van der Waals surface area contributed by atoms with Crippen molar-refractivity contribution in [1.82, 2.24) is 14.7 Å². The molecule has 140 valence electrons. The largest absolute Gasteiger partial charge is 0.334 e. The van der Waals surface area contributed by atoms with Crippen molar-refractivity contribution in [2.45, 2.75) is 6.54 Å². The molecular weight excluding hydrogens is 366 g/mol. The Morgan fingerprint density at radius 2 is 1.89 bits per heavy atom. The first-order valence-electron chi connectivity index (χ1n) is 8.40. The number of carbonyl (C=O) groups excluding carboxylic acids is 1. The highest BCUT2D eigenvalue weighted by Gasteiger charge is 2.16. The molecule has 4 aromatic rings. The summed E-state index contributed by atoms with van der Waals surface area (Å²) in [6.07, 6.45) is 1.66. The van der Waals surface area contributed by atoms with E-state index in [1.54, 1.807) is 22.9 Å². The first-order chi connectivity index (χ1) is 13.6. The number of nitrogens with zero attached hydrogens (tertiary/aromatic N) is 3. The van der Waals surface area contributed by atoms with Crippen LogP contribution in [-0.2, 0) is 11.3 Å². The monoisotopic (exact) mass is 380 g/mol. The molecule has 1 N–H and O–H groups in total. The first kappa shape index (κ1) is 17.6. The van der Waals surface area contributed by atoms with Crippen LogP contribution in [0, 0.1) is 11.6 Å². The van der Waals surface area contributed by atoms with Crippen molar-refractivity contribution in [2.24, 2.45) is 0 Å². The predicted octanol–water partition coefficient (Wildman–Crippen LogP) is 4.12. The van der Waals surface area contributed by atoms with E-state index in [2.05, 4.69) is 15.5 Å². The molecule has 8 heteroatoms. The number of anilines is 1.